The van der Waals surface area contributed by atoms with Crippen LogP contribution in [0, 0.1) is 5.92 Å². The highest BCUT2D eigenvalue weighted by Crippen LogP contribution is 2.35. The summed E-state index contributed by atoms with van der Waals surface area (Å²) in [6, 6.07) is 10.5. The van der Waals surface area contributed by atoms with Gasteiger partial charge in [-0.25, -0.2) is 0 Å². The van der Waals surface area contributed by atoms with Crippen LogP contribution in [0.4, 0.5) is 0 Å². The van der Waals surface area contributed by atoms with Gasteiger partial charge in [0.05, 0.1) is 24.3 Å². The van der Waals surface area contributed by atoms with Gasteiger partial charge in [0.2, 0.25) is 0 Å². The zero-order valence-corrected chi connectivity index (χ0v) is 19.1. The fraction of sp³-hybridized carbons (Fsp3) is 0.292. The number of methoxy groups -OCH3 is 1. The summed E-state index contributed by atoms with van der Waals surface area (Å²) < 4.78 is 11.3. The molecule has 0 saturated heterocycles. The lowest BCUT2D eigenvalue weighted by atomic mass is 9.79. The van der Waals surface area contributed by atoms with Crippen molar-refractivity contribution < 1.29 is 19.4 Å². The standard InChI is InChI=1S/C24H23ClN2O4S/c1-30-23-12-21-18(11-19(23)24(26)29)22(4-5-27-21)31-16-3-2-14(20(25)10-16)9-17(32)8-13-6-15(28)7-13/h2-5,10-13,15,28H,6-9H2,1H3,(H2,26,29). The molecular weight excluding hydrogens is 448 g/mol. The van der Waals surface area contributed by atoms with Crippen LogP contribution in [0.1, 0.15) is 35.2 Å². The molecule has 2 aromatic carbocycles. The molecule has 1 aromatic heterocycles. The van der Waals surface area contributed by atoms with E-state index in [0.29, 0.717) is 45.5 Å². The van der Waals surface area contributed by atoms with E-state index in [1.165, 1.54) is 7.11 Å². The predicted molar refractivity (Wildman–Crippen MR) is 128 cm³/mol. The third kappa shape index (κ3) is 4.85. The molecule has 1 amide bonds. The van der Waals surface area contributed by atoms with Gasteiger partial charge in [0.15, 0.2) is 0 Å². The molecule has 0 unspecified atom stereocenters. The van der Waals surface area contributed by atoms with E-state index in [1.54, 1.807) is 30.5 Å². The van der Waals surface area contributed by atoms with Crippen LogP contribution < -0.4 is 15.2 Å². The van der Waals surface area contributed by atoms with E-state index in [4.69, 9.17) is 39.0 Å². The molecule has 1 heterocycles. The predicted octanol–water partition coefficient (Wildman–Crippen LogP) is 4.86. The van der Waals surface area contributed by atoms with Crippen molar-refractivity contribution in [1.29, 1.82) is 0 Å². The van der Waals surface area contributed by atoms with Gasteiger partial charge in [-0.1, -0.05) is 29.9 Å². The highest BCUT2D eigenvalue weighted by Gasteiger charge is 2.27. The van der Waals surface area contributed by atoms with Gasteiger partial charge in [-0.3, -0.25) is 9.78 Å². The second-order valence-electron chi connectivity index (χ2n) is 8.01. The number of carbonyl (C=O) groups excluding carboxylic acids is 1. The molecule has 0 spiro atoms. The monoisotopic (exact) mass is 470 g/mol. The summed E-state index contributed by atoms with van der Waals surface area (Å²) in [5.74, 6) is 1.30. The number of nitrogens with zero attached hydrogens (tertiary/aromatic N) is 1. The lowest BCUT2D eigenvalue weighted by Gasteiger charge is -2.31. The van der Waals surface area contributed by atoms with Gasteiger partial charge in [0.25, 0.3) is 5.91 Å². The number of thiocarbonyl (C=S) groups is 1. The Bertz CT molecular complexity index is 1190. The zero-order valence-electron chi connectivity index (χ0n) is 17.5. The number of amides is 1. The second-order valence-corrected chi connectivity index (χ2v) is 8.99. The van der Waals surface area contributed by atoms with Crippen molar-refractivity contribution >= 4 is 45.5 Å². The maximum Gasteiger partial charge on any atom is 0.252 e. The smallest absolute Gasteiger partial charge is 0.252 e. The third-order valence-corrected chi connectivity index (χ3v) is 6.32. The highest BCUT2D eigenvalue weighted by molar-refractivity contribution is 7.80. The number of carbonyl (C=O) groups is 1. The minimum absolute atomic E-state index is 0.174. The van der Waals surface area contributed by atoms with Gasteiger partial charge in [-0.05, 0) is 59.9 Å². The number of aromatic nitrogens is 1. The Labute approximate surface area is 196 Å². The summed E-state index contributed by atoms with van der Waals surface area (Å²) in [5.41, 5.74) is 7.28. The molecule has 0 atom stereocenters. The number of nitrogens with two attached hydrogens (primary N) is 1. The molecule has 6 nitrogen and oxygen atoms in total. The Morgan fingerprint density at radius 3 is 2.69 bits per heavy atom. The molecule has 3 aromatic rings. The van der Waals surface area contributed by atoms with Crippen molar-refractivity contribution in [3.8, 4) is 17.2 Å². The summed E-state index contributed by atoms with van der Waals surface area (Å²) >= 11 is 12.0. The van der Waals surface area contributed by atoms with E-state index in [2.05, 4.69) is 4.98 Å². The van der Waals surface area contributed by atoms with Crippen molar-refractivity contribution in [3.63, 3.8) is 0 Å². The summed E-state index contributed by atoms with van der Waals surface area (Å²) in [4.78, 5) is 17.1. The Hall–Kier alpha value is -2.74. The lowest BCUT2D eigenvalue weighted by Crippen LogP contribution is -2.30. The van der Waals surface area contributed by atoms with Crippen LogP contribution in [0.15, 0.2) is 42.6 Å². The third-order valence-electron chi connectivity index (χ3n) is 5.66. The first-order valence-corrected chi connectivity index (χ1v) is 11.0. The molecule has 32 heavy (non-hydrogen) atoms. The van der Waals surface area contributed by atoms with Gasteiger partial charge >= 0.3 is 0 Å². The first kappa shape index (κ1) is 22.5. The summed E-state index contributed by atoms with van der Waals surface area (Å²) in [6.45, 7) is 0. The molecule has 1 fully saturated rings. The highest BCUT2D eigenvalue weighted by atomic mass is 35.5. The molecule has 0 bridgehead atoms. The van der Waals surface area contributed by atoms with Crippen molar-refractivity contribution in [2.75, 3.05) is 7.11 Å². The van der Waals surface area contributed by atoms with Crippen LogP contribution >= 0.6 is 23.8 Å². The number of pyridine rings is 1. The average molecular weight is 471 g/mol. The number of halogens is 1. The summed E-state index contributed by atoms with van der Waals surface area (Å²) in [5, 5.41) is 10.6. The van der Waals surface area contributed by atoms with Gasteiger partial charge < -0.3 is 20.3 Å². The number of rotatable bonds is 8. The largest absolute Gasteiger partial charge is 0.496 e. The van der Waals surface area contributed by atoms with Crippen molar-refractivity contribution in [2.24, 2.45) is 11.7 Å². The van der Waals surface area contributed by atoms with E-state index in [-0.39, 0.29) is 11.7 Å². The lowest BCUT2D eigenvalue weighted by molar-refractivity contribution is 0.0463. The molecule has 1 aliphatic carbocycles. The Morgan fingerprint density at radius 2 is 2.03 bits per heavy atom. The van der Waals surface area contributed by atoms with E-state index >= 15 is 0 Å². The van der Waals surface area contributed by atoms with E-state index in [0.717, 1.165) is 29.7 Å². The maximum absolute atomic E-state index is 11.8. The van der Waals surface area contributed by atoms with E-state index < -0.39 is 5.91 Å². The number of benzene rings is 2. The van der Waals surface area contributed by atoms with E-state index in [1.807, 2.05) is 12.1 Å². The minimum atomic E-state index is -0.599. The number of fused-ring (bicyclic) bond motifs is 1. The average Bonchev–Trinajstić information content (AvgIpc) is 2.73. The number of aliphatic hydroxyl groups excluding tert-OH is 1. The van der Waals surface area contributed by atoms with E-state index in [9.17, 15) is 9.90 Å². The quantitative estimate of drug-likeness (QED) is 0.456. The minimum Gasteiger partial charge on any atom is -0.496 e. The fourth-order valence-corrected chi connectivity index (χ4v) is 4.56. The Kier molecular flexibility index (Phi) is 6.60. The summed E-state index contributed by atoms with van der Waals surface area (Å²) in [7, 11) is 1.47. The van der Waals surface area contributed by atoms with Crippen LogP contribution in [-0.4, -0.2) is 34.1 Å². The maximum atomic E-state index is 11.8. The summed E-state index contributed by atoms with van der Waals surface area (Å²) in [6.07, 6.45) is 4.53. The molecule has 3 N–H and O–H groups in total. The fourth-order valence-electron chi connectivity index (χ4n) is 3.93. The Morgan fingerprint density at radius 1 is 1.25 bits per heavy atom. The number of aliphatic hydroxyl groups is 1. The molecule has 1 saturated carbocycles. The molecule has 8 heteroatoms. The molecule has 4 rings (SSSR count). The van der Waals surface area contributed by atoms with Crippen molar-refractivity contribution in [2.45, 2.75) is 31.8 Å². The number of ether oxygens (including phenoxy) is 2. The van der Waals surface area contributed by atoms with Gasteiger partial charge in [0.1, 0.15) is 17.2 Å². The van der Waals surface area contributed by atoms with Crippen LogP contribution in [0.3, 0.4) is 0 Å². The first-order chi connectivity index (χ1) is 15.3. The van der Waals surface area contributed by atoms with Gasteiger partial charge in [-0.15, -0.1) is 0 Å². The topological polar surface area (TPSA) is 94.7 Å². The molecule has 166 valence electrons. The van der Waals surface area contributed by atoms with Crippen molar-refractivity contribution in [3.05, 3.63) is 58.7 Å². The number of primary amides is 1. The van der Waals surface area contributed by atoms with Crippen LogP contribution in [-0.2, 0) is 6.42 Å². The van der Waals surface area contributed by atoms with Crippen molar-refractivity contribution in [1.82, 2.24) is 4.98 Å². The van der Waals surface area contributed by atoms with Crippen LogP contribution in [0.25, 0.3) is 10.9 Å². The molecule has 0 aliphatic heterocycles. The molecular formula is C24H23ClN2O4S. The Balaban J connectivity index is 1.54. The number of hydrogen-bond donors (Lipinski definition) is 2. The second kappa shape index (κ2) is 9.40. The van der Waals surface area contributed by atoms with Crippen LogP contribution in [0.5, 0.6) is 17.2 Å². The molecule has 0 radical (unpaired) electrons. The van der Waals surface area contributed by atoms with Gasteiger partial charge in [-0.2, -0.15) is 0 Å². The zero-order chi connectivity index (χ0) is 22.8. The SMILES string of the molecule is COc1cc2nccc(Oc3ccc(CC(=S)CC4CC(O)C4)c(Cl)c3)c2cc1C(N)=O. The normalized spacial score (nSPS) is 17.6. The number of hydrogen-bond acceptors (Lipinski definition) is 6. The first-order valence-electron chi connectivity index (χ1n) is 10.3. The van der Waals surface area contributed by atoms with Crippen LogP contribution in [0.2, 0.25) is 5.02 Å². The molecule has 1 aliphatic rings. The van der Waals surface area contributed by atoms with Gasteiger partial charge in [0, 0.05) is 29.1 Å².